The lowest BCUT2D eigenvalue weighted by Crippen LogP contribution is -2.18. The molecule has 2 fully saturated rings. The van der Waals surface area contributed by atoms with Crippen molar-refractivity contribution in [3.63, 3.8) is 0 Å². The van der Waals surface area contributed by atoms with Crippen molar-refractivity contribution >= 4 is 6.72 Å². The van der Waals surface area contributed by atoms with Crippen molar-refractivity contribution in [3.05, 3.63) is 0 Å². The van der Waals surface area contributed by atoms with Gasteiger partial charge < -0.3 is 0 Å². The van der Waals surface area contributed by atoms with Crippen molar-refractivity contribution in [2.45, 2.75) is 25.3 Å². The van der Waals surface area contributed by atoms with Crippen molar-refractivity contribution < 1.29 is 4.58 Å². The number of fused-ring (bicyclic) bond motifs is 1. The highest BCUT2D eigenvalue weighted by Crippen LogP contribution is 2.52. The molecule has 0 N–H and O–H groups in total. The van der Waals surface area contributed by atoms with Crippen LogP contribution >= 0.6 is 0 Å². The molecular weight excluding hydrogens is 110 g/mol. The maximum Gasteiger partial charge on any atom is 0.152 e. The van der Waals surface area contributed by atoms with Gasteiger partial charge in [0.15, 0.2) is 6.04 Å². The lowest BCUT2D eigenvalue weighted by Gasteiger charge is -2.04. The molecule has 2 aliphatic carbocycles. The Morgan fingerprint density at radius 3 is 2.11 bits per heavy atom. The molecule has 1 heteroatoms. The zero-order chi connectivity index (χ0) is 6.43. The van der Waals surface area contributed by atoms with E-state index >= 15 is 0 Å². The summed E-state index contributed by atoms with van der Waals surface area (Å²) in [5.74, 6) is 2.19. The highest BCUT2D eigenvalue weighted by atomic mass is 15.0. The molecule has 0 radical (unpaired) electrons. The van der Waals surface area contributed by atoms with Gasteiger partial charge in [-0.1, -0.05) is 0 Å². The van der Waals surface area contributed by atoms with Crippen LogP contribution in [0.4, 0.5) is 0 Å². The fourth-order valence-corrected chi connectivity index (χ4v) is 2.04. The molecular formula is C8H14N+. The molecule has 2 atom stereocenters. The van der Waals surface area contributed by atoms with E-state index in [0.717, 1.165) is 17.9 Å². The summed E-state index contributed by atoms with van der Waals surface area (Å²) in [6.07, 6.45) is 4.36. The van der Waals surface area contributed by atoms with Crippen LogP contribution in [0.1, 0.15) is 19.3 Å². The van der Waals surface area contributed by atoms with Gasteiger partial charge in [0.25, 0.3) is 0 Å². The van der Waals surface area contributed by atoms with Gasteiger partial charge in [-0.05, 0) is 18.3 Å². The molecule has 0 bridgehead atoms. The van der Waals surface area contributed by atoms with Gasteiger partial charge in [-0.3, -0.25) is 0 Å². The molecule has 0 amide bonds. The average Bonchev–Trinajstić information content (AvgIpc) is 2.40. The van der Waals surface area contributed by atoms with Crippen molar-refractivity contribution in [1.82, 2.24) is 0 Å². The maximum absolute atomic E-state index is 3.91. The highest BCUT2D eigenvalue weighted by Gasteiger charge is 2.48. The Kier molecular flexibility index (Phi) is 0.961. The number of rotatable bonds is 1. The van der Waals surface area contributed by atoms with Crippen LogP contribution in [-0.4, -0.2) is 24.4 Å². The summed E-state index contributed by atoms with van der Waals surface area (Å²) >= 11 is 0. The summed E-state index contributed by atoms with van der Waals surface area (Å²) in [6, 6.07) is 0.814. The number of nitrogens with zero attached hydrogens (tertiary/aromatic N) is 1. The van der Waals surface area contributed by atoms with E-state index in [2.05, 4.69) is 18.3 Å². The molecule has 2 rings (SSSR count). The SMILES string of the molecule is C=[N+](C)C1CC2CC2C1. The van der Waals surface area contributed by atoms with Crippen LogP contribution in [-0.2, 0) is 0 Å². The molecule has 2 aliphatic rings. The van der Waals surface area contributed by atoms with Crippen LogP contribution < -0.4 is 0 Å². The summed E-state index contributed by atoms with van der Waals surface area (Å²) in [7, 11) is 2.09. The first-order valence-electron chi connectivity index (χ1n) is 3.80. The van der Waals surface area contributed by atoms with Crippen molar-refractivity contribution in [3.8, 4) is 0 Å². The monoisotopic (exact) mass is 124 g/mol. The van der Waals surface area contributed by atoms with Crippen LogP contribution in [0.15, 0.2) is 0 Å². The Morgan fingerprint density at radius 1 is 1.22 bits per heavy atom. The van der Waals surface area contributed by atoms with Gasteiger partial charge in [0.1, 0.15) is 13.8 Å². The molecule has 0 aromatic heterocycles. The predicted octanol–water partition coefficient (Wildman–Crippen LogP) is 1.13. The van der Waals surface area contributed by atoms with Gasteiger partial charge in [0.2, 0.25) is 0 Å². The molecule has 0 saturated heterocycles. The Labute approximate surface area is 56.4 Å². The standard InChI is InChI=1S/C8H14N/c1-9(2)8-4-6-3-7(6)5-8/h6-8H,1,3-5H2,2H3/q+1. The fourth-order valence-electron chi connectivity index (χ4n) is 2.04. The lowest BCUT2D eigenvalue weighted by molar-refractivity contribution is -0.529. The van der Waals surface area contributed by atoms with Crippen LogP contribution in [0, 0.1) is 11.8 Å². The second kappa shape index (κ2) is 1.59. The van der Waals surface area contributed by atoms with E-state index in [0.29, 0.717) is 0 Å². The number of hydrogen-bond acceptors (Lipinski definition) is 0. The third-order valence-electron chi connectivity index (χ3n) is 2.84. The zero-order valence-corrected chi connectivity index (χ0v) is 6.01. The van der Waals surface area contributed by atoms with Gasteiger partial charge in [-0.15, -0.1) is 0 Å². The summed E-state index contributed by atoms with van der Waals surface area (Å²) in [4.78, 5) is 0. The first-order chi connectivity index (χ1) is 4.27. The van der Waals surface area contributed by atoms with E-state index in [-0.39, 0.29) is 0 Å². The van der Waals surface area contributed by atoms with Gasteiger partial charge in [0, 0.05) is 12.8 Å². The molecule has 0 aromatic carbocycles. The van der Waals surface area contributed by atoms with Crippen LogP contribution in [0.25, 0.3) is 0 Å². The normalized spacial score (nSPS) is 46.6. The van der Waals surface area contributed by atoms with E-state index in [9.17, 15) is 0 Å². The Morgan fingerprint density at radius 2 is 1.78 bits per heavy atom. The lowest BCUT2D eigenvalue weighted by atomic mass is 10.1. The topological polar surface area (TPSA) is 3.01 Å². The van der Waals surface area contributed by atoms with E-state index in [1.807, 2.05) is 0 Å². The molecule has 2 unspecified atom stereocenters. The first kappa shape index (κ1) is 5.45. The molecule has 50 valence electrons. The molecule has 2 saturated carbocycles. The fraction of sp³-hybridized carbons (Fsp3) is 0.875. The smallest absolute Gasteiger partial charge is 0.152 e. The van der Waals surface area contributed by atoms with Crippen molar-refractivity contribution in [2.24, 2.45) is 11.8 Å². The third kappa shape index (κ3) is 0.790. The Bertz CT molecular complexity index is 141. The van der Waals surface area contributed by atoms with Crippen molar-refractivity contribution in [2.75, 3.05) is 7.05 Å². The summed E-state index contributed by atoms with van der Waals surface area (Å²) < 4.78 is 2.13. The molecule has 9 heavy (non-hydrogen) atoms. The summed E-state index contributed by atoms with van der Waals surface area (Å²) in [6.45, 7) is 3.91. The minimum atomic E-state index is 0.814. The minimum Gasteiger partial charge on any atom is -0.242 e. The quantitative estimate of drug-likeness (QED) is 0.364. The van der Waals surface area contributed by atoms with Crippen LogP contribution in [0.5, 0.6) is 0 Å². The first-order valence-corrected chi connectivity index (χ1v) is 3.80. The Balaban J connectivity index is 1.97. The summed E-state index contributed by atoms with van der Waals surface area (Å²) in [5, 5.41) is 0. The minimum absolute atomic E-state index is 0.814. The largest absolute Gasteiger partial charge is 0.242 e. The summed E-state index contributed by atoms with van der Waals surface area (Å²) in [5.41, 5.74) is 0. The molecule has 0 spiro atoms. The molecule has 0 heterocycles. The average molecular weight is 124 g/mol. The maximum atomic E-state index is 3.91. The van der Waals surface area contributed by atoms with E-state index in [1.165, 1.54) is 19.3 Å². The second-order valence-electron chi connectivity index (χ2n) is 3.64. The molecule has 0 aliphatic heterocycles. The van der Waals surface area contributed by atoms with Gasteiger partial charge in [0.05, 0.1) is 0 Å². The second-order valence-corrected chi connectivity index (χ2v) is 3.64. The van der Waals surface area contributed by atoms with Crippen LogP contribution in [0.2, 0.25) is 0 Å². The Hall–Kier alpha value is -0.330. The van der Waals surface area contributed by atoms with E-state index in [4.69, 9.17) is 0 Å². The number of hydrogen-bond donors (Lipinski definition) is 0. The molecule has 0 aromatic rings. The van der Waals surface area contributed by atoms with Gasteiger partial charge in [-0.25, -0.2) is 4.58 Å². The third-order valence-corrected chi connectivity index (χ3v) is 2.84. The zero-order valence-electron chi connectivity index (χ0n) is 6.01. The molecule has 1 nitrogen and oxygen atoms in total. The van der Waals surface area contributed by atoms with E-state index in [1.54, 1.807) is 0 Å². The predicted molar refractivity (Wildman–Crippen MR) is 37.9 cm³/mol. The van der Waals surface area contributed by atoms with Crippen LogP contribution in [0.3, 0.4) is 0 Å². The van der Waals surface area contributed by atoms with Gasteiger partial charge in [-0.2, -0.15) is 0 Å². The van der Waals surface area contributed by atoms with E-state index < -0.39 is 0 Å². The van der Waals surface area contributed by atoms with Crippen molar-refractivity contribution in [1.29, 1.82) is 0 Å². The van der Waals surface area contributed by atoms with Gasteiger partial charge >= 0.3 is 0 Å². The highest BCUT2D eigenvalue weighted by molar-refractivity contribution is 5.15.